The Balaban J connectivity index is 2.35. The van der Waals surface area contributed by atoms with Gasteiger partial charge in [0, 0.05) is 0 Å². The van der Waals surface area contributed by atoms with E-state index in [-0.39, 0.29) is 36.2 Å². The standard InChI is InChI=1S/C24H33NO8S/c1-3-4-5-6-7-20(16(2)26)25-21(27)14-34-15-22(28)33-13-18-10-8-17(9-11-18)12-19(23(29)30)24(31)32/h8-11,19-20H,3-7,12-15H2,1-2H3,(H,25,27)(H,29,30)(H,31,32). The highest BCUT2D eigenvalue weighted by Crippen LogP contribution is 2.13. The number of thioether (sulfide) groups is 1. The number of esters is 1. The number of nitrogens with one attached hydrogen (secondary N) is 1. The SMILES string of the molecule is CCCCCCC(NC(=O)CSCC(=O)OCc1ccc(CC(C(=O)O)C(=O)O)cc1)C(C)=O. The van der Waals surface area contributed by atoms with Crippen molar-refractivity contribution in [2.75, 3.05) is 11.5 Å². The molecular formula is C24H33NO8S. The maximum Gasteiger partial charge on any atom is 0.318 e. The molecule has 1 unspecified atom stereocenters. The van der Waals surface area contributed by atoms with Crippen LogP contribution in [0.2, 0.25) is 0 Å². The van der Waals surface area contributed by atoms with Crippen molar-refractivity contribution in [3.63, 3.8) is 0 Å². The fraction of sp³-hybridized carbons (Fsp3) is 0.542. The van der Waals surface area contributed by atoms with Gasteiger partial charge in [0.2, 0.25) is 5.91 Å². The van der Waals surface area contributed by atoms with Gasteiger partial charge in [0.25, 0.3) is 0 Å². The highest BCUT2D eigenvalue weighted by Gasteiger charge is 2.25. The summed E-state index contributed by atoms with van der Waals surface area (Å²) in [5, 5.41) is 20.6. The zero-order valence-corrected chi connectivity index (χ0v) is 20.4. The molecule has 188 valence electrons. The van der Waals surface area contributed by atoms with Gasteiger partial charge in [0.05, 0.1) is 17.5 Å². The molecule has 1 rings (SSSR count). The van der Waals surface area contributed by atoms with E-state index in [0.29, 0.717) is 17.5 Å². The summed E-state index contributed by atoms with van der Waals surface area (Å²) in [5.41, 5.74) is 1.20. The summed E-state index contributed by atoms with van der Waals surface area (Å²) in [5.74, 6) is -5.19. The summed E-state index contributed by atoms with van der Waals surface area (Å²) < 4.78 is 5.17. The lowest BCUT2D eigenvalue weighted by atomic mass is 9.99. The first-order valence-corrected chi connectivity index (χ1v) is 12.4. The van der Waals surface area contributed by atoms with Gasteiger partial charge in [-0.1, -0.05) is 56.9 Å². The lowest BCUT2D eigenvalue weighted by Crippen LogP contribution is -2.40. The Hall–Kier alpha value is -2.88. The molecule has 0 aliphatic rings. The Kier molecular flexibility index (Phi) is 13.6. The van der Waals surface area contributed by atoms with Crippen LogP contribution < -0.4 is 5.32 Å². The van der Waals surface area contributed by atoms with E-state index in [4.69, 9.17) is 14.9 Å². The van der Waals surface area contributed by atoms with Gasteiger partial charge in [-0.3, -0.25) is 24.0 Å². The molecule has 1 aromatic rings. The molecule has 1 atom stereocenters. The molecule has 0 fully saturated rings. The average Bonchev–Trinajstić information content (AvgIpc) is 2.78. The number of rotatable bonds is 17. The van der Waals surface area contributed by atoms with E-state index in [2.05, 4.69) is 12.2 Å². The largest absolute Gasteiger partial charge is 0.481 e. The summed E-state index contributed by atoms with van der Waals surface area (Å²) in [4.78, 5) is 57.7. The molecular weight excluding hydrogens is 462 g/mol. The van der Waals surface area contributed by atoms with Gasteiger partial charge in [-0.05, 0) is 30.9 Å². The molecule has 9 nitrogen and oxygen atoms in total. The molecule has 1 aromatic carbocycles. The van der Waals surface area contributed by atoms with Crippen molar-refractivity contribution in [3.05, 3.63) is 35.4 Å². The van der Waals surface area contributed by atoms with Crippen LogP contribution in [-0.4, -0.2) is 57.4 Å². The Labute approximate surface area is 203 Å². The Morgan fingerprint density at radius 1 is 0.941 bits per heavy atom. The minimum atomic E-state index is -1.52. The first-order chi connectivity index (χ1) is 16.1. The third-order valence-corrected chi connectivity index (χ3v) is 5.99. The number of unbranched alkanes of at least 4 members (excludes halogenated alkanes) is 3. The van der Waals surface area contributed by atoms with Crippen molar-refractivity contribution in [1.29, 1.82) is 0 Å². The molecule has 3 N–H and O–H groups in total. The number of hydrogen-bond acceptors (Lipinski definition) is 7. The third kappa shape index (κ3) is 11.8. The highest BCUT2D eigenvalue weighted by molar-refractivity contribution is 8.00. The van der Waals surface area contributed by atoms with Gasteiger partial charge in [-0.25, -0.2) is 0 Å². The lowest BCUT2D eigenvalue weighted by molar-refractivity contribution is -0.154. The fourth-order valence-electron chi connectivity index (χ4n) is 3.11. The number of hydrogen-bond donors (Lipinski definition) is 3. The van der Waals surface area contributed by atoms with Crippen molar-refractivity contribution < 1.29 is 38.9 Å². The zero-order chi connectivity index (χ0) is 25.5. The van der Waals surface area contributed by atoms with Gasteiger partial charge < -0.3 is 20.3 Å². The molecule has 1 amide bonds. The number of Topliss-reactive ketones (excluding diaryl/α,β-unsaturated/α-hetero) is 1. The number of carbonyl (C=O) groups excluding carboxylic acids is 3. The Bertz CT molecular complexity index is 826. The number of benzene rings is 1. The van der Waals surface area contributed by atoms with E-state index in [1.807, 2.05) is 0 Å². The summed E-state index contributed by atoms with van der Waals surface area (Å²) in [7, 11) is 0. The van der Waals surface area contributed by atoms with Gasteiger partial charge in [-0.15, -0.1) is 11.8 Å². The third-order valence-electron chi connectivity index (χ3n) is 5.08. The minimum Gasteiger partial charge on any atom is -0.481 e. The summed E-state index contributed by atoms with van der Waals surface area (Å²) >= 11 is 1.10. The molecule has 0 aromatic heterocycles. The lowest BCUT2D eigenvalue weighted by Gasteiger charge is -2.15. The molecule has 0 saturated carbocycles. The first-order valence-electron chi connectivity index (χ1n) is 11.2. The first kappa shape index (κ1) is 29.2. The molecule has 0 bridgehead atoms. The second-order valence-electron chi connectivity index (χ2n) is 7.98. The topological polar surface area (TPSA) is 147 Å². The van der Waals surface area contributed by atoms with E-state index in [1.165, 1.54) is 6.92 Å². The van der Waals surface area contributed by atoms with E-state index >= 15 is 0 Å². The summed E-state index contributed by atoms with van der Waals surface area (Å²) in [6, 6.07) is 5.95. The fourth-order valence-corrected chi connectivity index (χ4v) is 3.73. The van der Waals surface area contributed by atoms with Crippen LogP contribution in [0.15, 0.2) is 24.3 Å². The van der Waals surface area contributed by atoms with Crippen LogP contribution in [0.3, 0.4) is 0 Å². The summed E-state index contributed by atoms with van der Waals surface area (Å²) in [6.07, 6.45) is 4.54. The maximum absolute atomic E-state index is 12.1. The quantitative estimate of drug-likeness (QED) is 0.169. The van der Waals surface area contributed by atoms with Gasteiger partial charge >= 0.3 is 17.9 Å². The van der Waals surface area contributed by atoms with E-state index in [9.17, 15) is 24.0 Å². The maximum atomic E-state index is 12.1. The highest BCUT2D eigenvalue weighted by atomic mass is 32.2. The second kappa shape index (κ2) is 15.9. The van der Waals surface area contributed by atoms with Crippen LogP contribution in [0.4, 0.5) is 0 Å². The van der Waals surface area contributed by atoms with Crippen LogP contribution in [0, 0.1) is 5.92 Å². The molecule has 0 saturated heterocycles. The monoisotopic (exact) mass is 495 g/mol. The molecule has 0 aliphatic carbocycles. The number of amides is 1. The number of carboxylic acids is 2. The summed E-state index contributed by atoms with van der Waals surface area (Å²) in [6.45, 7) is 3.56. The van der Waals surface area contributed by atoms with E-state index < -0.39 is 29.9 Å². The van der Waals surface area contributed by atoms with Crippen molar-refractivity contribution in [2.45, 2.75) is 65.0 Å². The van der Waals surface area contributed by atoms with Crippen LogP contribution >= 0.6 is 11.8 Å². The predicted molar refractivity (Wildman–Crippen MR) is 127 cm³/mol. The van der Waals surface area contributed by atoms with Crippen molar-refractivity contribution in [3.8, 4) is 0 Å². The molecule has 0 radical (unpaired) electrons. The number of aliphatic carboxylic acids is 2. The number of ether oxygens (including phenoxy) is 1. The Morgan fingerprint density at radius 2 is 1.56 bits per heavy atom. The number of carbonyl (C=O) groups is 5. The van der Waals surface area contributed by atoms with E-state index in [0.717, 1.165) is 37.4 Å². The van der Waals surface area contributed by atoms with Crippen LogP contribution in [-0.2, 0) is 41.7 Å². The van der Waals surface area contributed by atoms with Crippen LogP contribution in [0.25, 0.3) is 0 Å². The smallest absolute Gasteiger partial charge is 0.318 e. The van der Waals surface area contributed by atoms with E-state index in [1.54, 1.807) is 24.3 Å². The van der Waals surface area contributed by atoms with Crippen molar-refractivity contribution in [2.24, 2.45) is 5.92 Å². The number of ketones is 1. The minimum absolute atomic E-state index is 0.00265. The zero-order valence-electron chi connectivity index (χ0n) is 19.6. The average molecular weight is 496 g/mol. The molecule has 10 heteroatoms. The second-order valence-corrected chi connectivity index (χ2v) is 8.97. The van der Waals surface area contributed by atoms with Gasteiger partial charge in [0.1, 0.15) is 6.61 Å². The van der Waals surface area contributed by atoms with Gasteiger partial charge in [-0.2, -0.15) is 0 Å². The van der Waals surface area contributed by atoms with Crippen LogP contribution in [0.5, 0.6) is 0 Å². The molecule has 0 heterocycles. The van der Waals surface area contributed by atoms with Crippen molar-refractivity contribution in [1.82, 2.24) is 5.32 Å². The Morgan fingerprint density at radius 3 is 2.12 bits per heavy atom. The van der Waals surface area contributed by atoms with Crippen LogP contribution in [0.1, 0.15) is 57.1 Å². The molecule has 0 aliphatic heterocycles. The van der Waals surface area contributed by atoms with Gasteiger partial charge in [0.15, 0.2) is 11.7 Å². The molecule has 0 spiro atoms. The number of carboxylic acid groups (broad SMARTS) is 2. The normalized spacial score (nSPS) is 11.6. The van der Waals surface area contributed by atoms with Crippen molar-refractivity contribution >= 4 is 41.4 Å². The molecule has 34 heavy (non-hydrogen) atoms. The predicted octanol–water partition coefficient (Wildman–Crippen LogP) is 2.84.